The standard InChI is InChI=1S/C6H18N2O3Si/c1-4-12(9-2,10-3)11-6-8-5-7/h8H,4-7H2,1-3H3. The molecule has 0 unspecified atom stereocenters. The van der Waals surface area contributed by atoms with Gasteiger partial charge in [-0.2, -0.15) is 0 Å². The third-order valence-corrected chi connectivity index (χ3v) is 4.29. The van der Waals surface area contributed by atoms with Crippen molar-refractivity contribution < 1.29 is 13.3 Å². The van der Waals surface area contributed by atoms with E-state index >= 15 is 0 Å². The molecule has 0 aromatic carbocycles. The third kappa shape index (κ3) is 3.61. The Morgan fingerprint density at radius 3 is 2.25 bits per heavy atom. The van der Waals surface area contributed by atoms with E-state index in [4.69, 9.17) is 19.0 Å². The van der Waals surface area contributed by atoms with Crippen LogP contribution in [-0.2, 0) is 13.3 Å². The van der Waals surface area contributed by atoms with Crippen LogP contribution in [-0.4, -0.2) is 36.4 Å². The van der Waals surface area contributed by atoms with Crippen LogP contribution in [0.25, 0.3) is 0 Å². The Balaban J connectivity index is 3.76. The second kappa shape index (κ2) is 6.52. The van der Waals surface area contributed by atoms with Crippen molar-refractivity contribution in [3.8, 4) is 0 Å². The molecule has 6 heteroatoms. The van der Waals surface area contributed by atoms with Gasteiger partial charge in [-0.25, -0.2) is 0 Å². The highest BCUT2D eigenvalue weighted by Crippen LogP contribution is 2.11. The quantitative estimate of drug-likeness (QED) is 0.331. The molecule has 0 aromatic rings. The molecule has 0 atom stereocenters. The lowest BCUT2D eigenvalue weighted by molar-refractivity contribution is 0.0918. The summed E-state index contributed by atoms with van der Waals surface area (Å²) in [6.45, 7) is 2.74. The number of nitrogens with one attached hydrogen (secondary N) is 1. The normalized spacial score (nSPS) is 12.0. The molecule has 0 aromatic heterocycles. The summed E-state index contributed by atoms with van der Waals surface area (Å²) in [5, 5.41) is 2.84. The van der Waals surface area contributed by atoms with Gasteiger partial charge < -0.3 is 19.0 Å². The van der Waals surface area contributed by atoms with Gasteiger partial charge in [-0.1, -0.05) is 6.92 Å². The van der Waals surface area contributed by atoms with E-state index in [1.165, 1.54) is 0 Å². The van der Waals surface area contributed by atoms with Crippen LogP contribution in [0.15, 0.2) is 0 Å². The molecule has 0 spiro atoms. The lowest BCUT2D eigenvalue weighted by atomic mass is 11.0. The molecule has 0 aliphatic carbocycles. The molecule has 0 saturated carbocycles. The smallest absolute Gasteiger partial charge is 0.377 e. The molecule has 0 bridgehead atoms. The van der Waals surface area contributed by atoms with Crippen molar-refractivity contribution in [2.24, 2.45) is 5.73 Å². The van der Waals surface area contributed by atoms with Gasteiger partial charge in [0.1, 0.15) is 0 Å². The van der Waals surface area contributed by atoms with Crippen LogP contribution in [0.4, 0.5) is 0 Å². The lowest BCUT2D eigenvalue weighted by Gasteiger charge is -2.24. The molecule has 5 nitrogen and oxygen atoms in total. The molecule has 0 heterocycles. The molecule has 0 saturated heterocycles. The Hall–Kier alpha value is 0.0169. The van der Waals surface area contributed by atoms with E-state index in [1.54, 1.807) is 14.2 Å². The maximum atomic E-state index is 5.42. The highest BCUT2D eigenvalue weighted by Gasteiger charge is 2.36. The second-order valence-corrected chi connectivity index (χ2v) is 5.37. The van der Waals surface area contributed by atoms with E-state index < -0.39 is 8.80 Å². The molecular weight excluding hydrogens is 176 g/mol. The van der Waals surface area contributed by atoms with Gasteiger partial charge in [0, 0.05) is 26.9 Å². The number of nitrogens with two attached hydrogens (primary N) is 1. The Bertz CT molecular complexity index is 103. The molecule has 0 aliphatic heterocycles. The Kier molecular flexibility index (Phi) is 6.53. The zero-order valence-corrected chi connectivity index (χ0v) is 8.92. The average molecular weight is 194 g/mol. The number of hydrogen-bond acceptors (Lipinski definition) is 5. The first-order chi connectivity index (χ1) is 5.74. The van der Waals surface area contributed by atoms with E-state index in [0.29, 0.717) is 13.4 Å². The summed E-state index contributed by atoms with van der Waals surface area (Å²) in [4.78, 5) is 0. The Labute approximate surface area is 74.5 Å². The SMILES string of the molecule is CC[Si](OC)(OC)OCNCN. The summed E-state index contributed by atoms with van der Waals surface area (Å²) in [6, 6.07) is 0.756. The summed E-state index contributed by atoms with van der Waals surface area (Å²) in [5.74, 6) is 0. The maximum absolute atomic E-state index is 5.42. The molecule has 0 amide bonds. The lowest BCUT2D eigenvalue weighted by Crippen LogP contribution is -2.45. The number of hydrogen-bond donors (Lipinski definition) is 2. The fourth-order valence-electron chi connectivity index (χ4n) is 0.812. The van der Waals surface area contributed by atoms with Crippen molar-refractivity contribution in [2.75, 3.05) is 27.6 Å². The summed E-state index contributed by atoms with van der Waals surface area (Å²) in [5.41, 5.74) is 5.22. The zero-order valence-electron chi connectivity index (χ0n) is 7.92. The Morgan fingerprint density at radius 1 is 1.33 bits per heavy atom. The van der Waals surface area contributed by atoms with Crippen LogP contribution >= 0.6 is 0 Å². The average Bonchev–Trinajstić information content (AvgIpc) is 2.14. The molecular formula is C6H18N2O3Si. The van der Waals surface area contributed by atoms with Gasteiger partial charge in [0.15, 0.2) is 0 Å². The van der Waals surface area contributed by atoms with Gasteiger partial charge in [0.2, 0.25) is 0 Å². The Morgan fingerprint density at radius 2 is 1.92 bits per heavy atom. The second-order valence-electron chi connectivity index (χ2n) is 2.19. The minimum atomic E-state index is -2.37. The minimum Gasteiger partial charge on any atom is -0.377 e. The van der Waals surface area contributed by atoms with Gasteiger partial charge >= 0.3 is 8.80 Å². The van der Waals surface area contributed by atoms with Crippen molar-refractivity contribution in [1.82, 2.24) is 5.32 Å². The topological polar surface area (TPSA) is 65.7 Å². The predicted molar refractivity (Wildman–Crippen MR) is 48.4 cm³/mol. The summed E-state index contributed by atoms with van der Waals surface area (Å²) < 4.78 is 15.8. The molecule has 0 radical (unpaired) electrons. The molecule has 0 rings (SSSR count). The fourth-order valence-corrected chi connectivity index (χ4v) is 2.32. The highest BCUT2D eigenvalue weighted by atomic mass is 28.4. The van der Waals surface area contributed by atoms with Gasteiger partial charge in [-0.15, -0.1) is 0 Å². The number of rotatable bonds is 7. The maximum Gasteiger partial charge on any atom is 0.501 e. The highest BCUT2D eigenvalue weighted by molar-refractivity contribution is 6.60. The van der Waals surface area contributed by atoms with Crippen LogP contribution < -0.4 is 11.1 Å². The van der Waals surface area contributed by atoms with Crippen molar-refractivity contribution in [3.05, 3.63) is 0 Å². The monoisotopic (exact) mass is 194 g/mol. The summed E-state index contributed by atoms with van der Waals surface area (Å²) >= 11 is 0. The molecule has 3 N–H and O–H groups in total. The van der Waals surface area contributed by atoms with Crippen LogP contribution in [0.1, 0.15) is 6.92 Å². The van der Waals surface area contributed by atoms with Crippen molar-refractivity contribution in [2.45, 2.75) is 13.0 Å². The predicted octanol–water partition coefficient (Wildman–Crippen LogP) is -0.282. The van der Waals surface area contributed by atoms with E-state index in [-0.39, 0.29) is 0 Å². The molecule has 0 aliphatic rings. The van der Waals surface area contributed by atoms with Crippen LogP contribution in [0.3, 0.4) is 0 Å². The summed E-state index contributed by atoms with van der Waals surface area (Å²) in [7, 11) is 0.825. The van der Waals surface area contributed by atoms with Gasteiger partial charge in [0.05, 0.1) is 6.73 Å². The van der Waals surface area contributed by atoms with E-state index in [2.05, 4.69) is 5.32 Å². The van der Waals surface area contributed by atoms with E-state index in [9.17, 15) is 0 Å². The first kappa shape index (κ1) is 12.0. The minimum absolute atomic E-state index is 0.373. The zero-order chi connectivity index (χ0) is 9.45. The van der Waals surface area contributed by atoms with E-state index in [1.807, 2.05) is 6.92 Å². The van der Waals surface area contributed by atoms with E-state index in [0.717, 1.165) is 6.04 Å². The molecule has 12 heavy (non-hydrogen) atoms. The van der Waals surface area contributed by atoms with Crippen molar-refractivity contribution >= 4 is 8.80 Å². The third-order valence-electron chi connectivity index (χ3n) is 1.59. The van der Waals surface area contributed by atoms with Crippen LogP contribution in [0.5, 0.6) is 0 Å². The summed E-state index contributed by atoms with van der Waals surface area (Å²) in [6.07, 6.45) is 0. The first-order valence-electron chi connectivity index (χ1n) is 3.89. The largest absolute Gasteiger partial charge is 0.501 e. The van der Waals surface area contributed by atoms with Crippen molar-refractivity contribution in [1.29, 1.82) is 0 Å². The van der Waals surface area contributed by atoms with Gasteiger partial charge in [0.25, 0.3) is 0 Å². The van der Waals surface area contributed by atoms with Gasteiger partial charge in [-0.05, 0) is 0 Å². The molecule has 0 fully saturated rings. The van der Waals surface area contributed by atoms with Crippen LogP contribution in [0, 0.1) is 0 Å². The van der Waals surface area contributed by atoms with Crippen molar-refractivity contribution in [3.63, 3.8) is 0 Å². The fraction of sp³-hybridized carbons (Fsp3) is 1.00. The molecule has 74 valence electrons. The van der Waals surface area contributed by atoms with Crippen LogP contribution in [0.2, 0.25) is 6.04 Å². The first-order valence-corrected chi connectivity index (χ1v) is 5.83. The van der Waals surface area contributed by atoms with Gasteiger partial charge in [-0.3, -0.25) is 5.32 Å².